The van der Waals surface area contributed by atoms with E-state index in [2.05, 4.69) is 4.98 Å². The number of rotatable bonds is 6. The first-order valence-corrected chi connectivity index (χ1v) is 12.4. The van der Waals surface area contributed by atoms with Crippen LogP contribution in [0.25, 0.3) is 10.2 Å². The van der Waals surface area contributed by atoms with Gasteiger partial charge in [0.15, 0.2) is 5.13 Å². The van der Waals surface area contributed by atoms with Crippen LogP contribution in [0.4, 0.5) is 5.13 Å². The molecule has 0 aliphatic carbocycles. The number of aromatic nitrogens is 1. The minimum atomic E-state index is -3.45. The van der Waals surface area contributed by atoms with Gasteiger partial charge in [-0.15, -0.1) is 0 Å². The lowest BCUT2D eigenvalue weighted by Gasteiger charge is -2.29. The molecule has 2 unspecified atom stereocenters. The van der Waals surface area contributed by atoms with E-state index < -0.39 is 16.1 Å². The number of benzene rings is 1. The van der Waals surface area contributed by atoms with Crippen LogP contribution in [0, 0.1) is 0 Å². The fourth-order valence-corrected chi connectivity index (χ4v) is 6.08. The Morgan fingerprint density at radius 2 is 2.21 bits per heavy atom. The van der Waals surface area contributed by atoms with Gasteiger partial charge in [0.05, 0.1) is 36.2 Å². The number of ether oxygens (including phenoxy) is 2. The number of thiazole rings is 1. The molecular weight excluding hydrogens is 414 g/mol. The summed E-state index contributed by atoms with van der Waals surface area (Å²) < 4.78 is 37.6. The fourth-order valence-electron chi connectivity index (χ4n) is 3.95. The summed E-state index contributed by atoms with van der Waals surface area (Å²) in [6.45, 7) is 1.44. The first-order chi connectivity index (χ1) is 13.9. The first kappa shape index (κ1) is 20.5. The standard InChI is InChI=1S/C19H25N3O5S2/c1-26-13-7-8-15-17(11-13)28-19(20-15)21(12-14-5-4-10-27-14)18(23)16-6-3-9-22(16)29(2,24)25/h7-8,11,14,16H,3-6,9-10,12H2,1-2H3. The number of nitrogens with zero attached hydrogens (tertiary/aromatic N) is 3. The fraction of sp³-hybridized carbons (Fsp3) is 0.579. The lowest BCUT2D eigenvalue weighted by atomic mass is 10.2. The third-order valence-electron chi connectivity index (χ3n) is 5.41. The largest absolute Gasteiger partial charge is 0.497 e. The highest BCUT2D eigenvalue weighted by Crippen LogP contribution is 2.34. The Balaban J connectivity index is 1.68. The number of sulfonamides is 1. The van der Waals surface area contributed by atoms with Crippen LogP contribution in [0.1, 0.15) is 25.7 Å². The summed E-state index contributed by atoms with van der Waals surface area (Å²) in [5, 5.41) is 0.564. The van der Waals surface area contributed by atoms with Crippen molar-refractivity contribution in [3.05, 3.63) is 18.2 Å². The van der Waals surface area contributed by atoms with Crippen LogP contribution in [0.2, 0.25) is 0 Å². The Bertz CT molecular complexity index is 1000. The van der Waals surface area contributed by atoms with Crippen LogP contribution in [-0.4, -0.2) is 68.8 Å². The summed E-state index contributed by atoms with van der Waals surface area (Å²) in [7, 11) is -1.84. The summed E-state index contributed by atoms with van der Waals surface area (Å²) in [5.74, 6) is 0.498. The quantitative estimate of drug-likeness (QED) is 0.686. The molecule has 1 aromatic heterocycles. The predicted molar refractivity (Wildman–Crippen MR) is 112 cm³/mol. The summed E-state index contributed by atoms with van der Waals surface area (Å²) in [4.78, 5) is 19.8. The molecule has 2 aromatic rings. The van der Waals surface area contributed by atoms with Crippen molar-refractivity contribution in [3.63, 3.8) is 0 Å². The molecule has 1 amide bonds. The van der Waals surface area contributed by atoms with Crippen LogP contribution in [0.15, 0.2) is 18.2 Å². The lowest BCUT2D eigenvalue weighted by Crippen LogP contribution is -2.49. The van der Waals surface area contributed by atoms with Gasteiger partial charge >= 0.3 is 0 Å². The van der Waals surface area contributed by atoms with Gasteiger partial charge in [0, 0.05) is 13.2 Å². The second kappa shape index (κ2) is 8.17. The minimum absolute atomic E-state index is 0.0615. The Morgan fingerprint density at radius 1 is 1.38 bits per heavy atom. The van der Waals surface area contributed by atoms with Crippen LogP contribution >= 0.6 is 11.3 Å². The average Bonchev–Trinajstić information content (AvgIpc) is 3.44. The normalized spacial score (nSPS) is 23.0. The van der Waals surface area contributed by atoms with E-state index in [9.17, 15) is 13.2 Å². The van der Waals surface area contributed by atoms with Crippen LogP contribution in [0.3, 0.4) is 0 Å². The maximum atomic E-state index is 13.5. The van der Waals surface area contributed by atoms with Crippen molar-refractivity contribution >= 4 is 42.6 Å². The zero-order valence-electron chi connectivity index (χ0n) is 16.5. The SMILES string of the molecule is COc1ccc2nc(N(CC3CCCO3)C(=O)C3CCCN3S(C)(=O)=O)sc2c1. The van der Waals surface area contributed by atoms with Gasteiger partial charge < -0.3 is 9.47 Å². The highest BCUT2D eigenvalue weighted by atomic mass is 32.2. The van der Waals surface area contributed by atoms with E-state index in [4.69, 9.17) is 9.47 Å². The van der Waals surface area contributed by atoms with E-state index in [1.807, 2.05) is 18.2 Å². The lowest BCUT2D eigenvalue weighted by molar-refractivity contribution is -0.122. The van der Waals surface area contributed by atoms with Crippen molar-refractivity contribution in [2.45, 2.75) is 37.8 Å². The smallest absolute Gasteiger partial charge is 0.247 e. The Morgan fingerprint density at radius 3 is 2.90 bits per heavy atom. The van der Waals surface area contributed by atoms with Gasteiger partial charge in [-0.2, -0.15) is 4.31 Å². The van der Waals surface area contributed by atoms with Gasteiger partial charge in [0.25, 0.3) is 0 Å². The topological polar surface area (TPSA) is 89.0 Å². The molecule has 158 valence electrons. The molecule has 3 heterocycles. The molecular formula is C19H25N3O5S2. The molecule has 8 nitrogen and oxygen atoms in total. The molecule has 0 N–H and O–H groups in total. The van der Waals surface area contributed by atoms with Crippen LogP contribution < -0.4 is 9.64 Å². The van der Waals surface area contributed by atoms with Gasteiger partial charge in [0.2, 0.25) is 15.9 Å². The number of fused-ring (bicyclic) bond motifs is 1. The molecule has 10 heteroatoms. The molecule has 0 saturated carbocycles. The molecule has 0 bridgehead atoms. The summed E-state index contributed by atoms with van der Waals surface area (Å²) in [6.07, 6.45) is 4.13. The maximum absolute atomic E-state index is 13.5. The van der Waals surface area contributed by atoms with Crippen LogP contribution in [0.5, 0.6) is 5.75 Å². The number of hydrogen-bond acceptors (Lipinski definition) is 7. The molecule has 1 aromatic carbocycles. The molecule has 2 saturated heterocycles. The molecule has 2 aliphatic rings. The van der Waals surface area contributed by atoms with Gasteiger partial charge in [-0.1, -0.05) is 11.3 Å². The number of hydrogen-bond donors (Lipinski definition) is 0. The summed E-state index contributed by atoms with van der Waals surface area (Å²) >= 11 is 1.40. The van der Waals surface area contributed by atoms with Crippen molar-refractivity contribution in [1.29, 1.82) is 0 Å². The van der Waals surface area contributed by atoms with E-state index in [1.54, 1.807) is 12.0 Å². The van der Waals surface area contributed by atoms with E-state index in [-0.39, 0.29) is 12.0 Å². The van der Waals surface area contributed by atoms with Crippen molar-refractivity contribution in [2.75, 3.05) is 38.0 Å². The number of methoxy groups -OCH3 is 1. The van der Waals surface area contributed by atoms with E-state index >= 15 is 0 Å². The summed E-state index contributed by atoms with van der Waals surface area (Å²) in [5.41, 5.74) is 0.780. The Kier molecular flexibility index (Phi) is 5.78. The van der Waals surface area contributed by atoms with Gasteiger partial charge in [-0.05, 0) is 43.9 Å². The highest BCUT2D eigenvalue weighted by molar-refractivity contribution is 7.88. The van der Waals surface area contributed by atoms with Gasteiger partial charge in [0.1, 0.15) is 11.8 Å². The Labute approximate surface area is 174 Å². The second-order valence-electron chi connectivity index (χ2n) is 7.45. The average molecular weight is 440 g/mol. The van der Waals surface area contributed by atoms with Crippen molar-refractivity contribution in [2.24, 2.45) is 0 Å². The zero-order valence-corrected chi connectivity index (χ0v) is 18.2. The molecule has 0 radical (unpaired) electrons. The first-order valence-electron chi connectivity index (χ1n) is 9.71. The van der Waals surface area contributed by atoms with Crippen molar-refractivity contribution in [3.8, 4) is 5.75 Å². The molecule has 2 aliphatic heterocycles. The van der Waals surface area contributed by atoms with Gasteiger partial charge in [-0.3, -0.25) is 9.69 Å². The number of amides is 1. The summed E-state index contributed by atoms with van der Waals surface area (Å²) in [6, 6.07) is 4.90. The molecule has 4 rings (SSSR count). The number of anilines is 1. The minimum Gasteiger partial charge on any atom is -0.497 e. The predicted octanol–water partition coefficient (Wildman–Crippen LogP) is 2.24. The number of carbonyl (C=O) groups excluding carboxylic acids is 1. The number of carbonyl (C=O) groups is 1. The van der Waals surface area contributed by atoms with Crippen molar-refractivity contribution < 1.29 is 22.7 Å². The molecule has 29 heavy (non-hydrogen) atoms. The van der Waals surface area contributed by atoms with Crippen LogP contribution in [-0.2, 0) is 19.6 Å². The third-order valence-corrected chi connectivity index (χ3v) is 7.74. The second-order valence-corrected chi connectivity index (χ2v) is 10.4. The van der Waals surface area contributed by atoms with E-state index in [0.29, 0.717) is 37.7 Å². The van der Waals surface area contributed by atoms with E-state index in [0.717, 1.165) is 35.1 Å². The van der Waals surface area contributed by atoms with Crippen molar-refractivity contribution in [1.82, 2.24) is 9.29 Å². The third kappa shape index (κ3) is 4.25. The van der Waals surface area contributed by atoms with E-state index in [1.165, 1.54) is 15.6 Å². The van der Waals surface area contributed by atoms with Gasteiger partial charge in [-0.25, -0.2) is 13.4 Å². The zero-order chi connectivity index (χ0) is 20.6. The monoisotopic (exact) mass is 439 g/mol. The molecule has 0 spiro atoms. The highest BCUT2D eigenvalue weighted by Gasteiger charge is 2.40. The Hall–Kier alpha value is -1.75. The molecule has 2 fully saturated rings. The maximum Gasteiger partial charge on any atom is 0.247 e. The molecule has 2 atom stereocenters.